The maximum absolute atomic E-state index is 12.3. The second kappa shape index (κ2) is 7.81. The fraction of sp³-hybridized carbons (Fsp3) is 0.375. The van der Waals surface area contributed by atoms with Gasteiger partial charge in [-0.15, -0.1) is 0 Å². The predicted molar refractivity (Wildman–Crippen MR) is 92.0 cm³/mol. The molecule has 5 nitrogen and oxygen atoms in total. The summed E-state index contributed by atoms with van der Waals surface area (Å²) >= 11 is 12.1. The van der Waals surface area contributed by atoms with Gasteiger partial charge < -0.3 is 9.84 Å². The zero-order valence-electron chi connectivity index (χ0n) is 13.3. The van der Waals surface area contributed by atoms with E-state index in [9.17, 15) is 4.79 Å². The van der Waals surface area contributed by atoms with E-state index in [1.165, 1.54) is 0 Å². The molecule has 0 radical (unpaired) electrons. The van der Waals surface area contributed by atoms with Gasteiger partial charge in [0.15, 0.2) is 0 Å². The Hall–Kier alpha value is -1.56. The van der Waals surface area contributed by atoms with Crippen LogP contribution in [0.2, 0.25) is 10.0 Å². The Bertz CT molecular complexity index is 661. The van der Waals surface area contributed by atoms with E-state index < -0.39 is 0 Å². The minimum absolute atomic E-state index is 0.173. The Labute approximate surface area is 145 Å². The highest BCUT2D eigenvalue weighted by molar-refractivity contribution is 6.39. The number of hydrogen-bond donors (Lipinski definition) is 1. The van der Waals surface area contributed by atoms with Crippen molar-refractivity contribution in [1.29, 1.82) is 0 Å². The first kappa shape index (κ1) is 17.8. The molecule has 0 spiro atoms. The van der Waals surface area contributed by atoms with E-state index in [-0.39, 0.29) is 12.5 Å². The number of hydrogen-bond acceptors (Lipinski definition) is 4. The zero-order valence-corrected chi connectivity index (χ0v) is 14.8. The molecule has 0 saturated carbocycles. The topological polar surface area (TPSA) is 58.4 Å². The predicted octanol–water partition coefficient (Wildman–Crippen LogP) is 4.06. The third-order valence-electron chi connectivity index (χ3n) is 3.60. The molecule has 1 aromatic heterocycles. The molecule has 0 unspecified atom stereocenters. The van der Waals surface area contributed by atoms with E-state index in [2.05, 4.69) is 10.5 Å². The average molecular weight is 356 g/mol. The molecule has 1 aromatic carbocycles. The lowest BCUT2D eigenvalue weighted by Gasteiger charge is -2.20. The van der Waals surface area contributed by atoms with Gasteiger partial charge in [-0.2, -0.15) is 0 Å². The lowest BCUT2D eigenvalue weighted by molar-refractivity contribution is -0.117. The van der Waals surface area contributed by atoms with Crippen molar-refractivity contribution in [1.82, 2.24) is 10.1 Å². The number of halogens is 2. The first-order valence-electron chi connectivity index (χ1n) is 7.30. The highest BCUT2D eigenvalue weighted by Gasteiger charge is 2.16. The van der Waals surface area contributed by atoms with Gasteiger partial charge in [-0.25, -0.2) is 0 Å². The number of amides is 1. The summed E-state index contributed by atoms with van der Waals surface area (Å²) in [7, 11) is 0. The van der Waals surface area contributed by atoms with Crippen molar-refractivity contribution in [3.63, 3.8) is 0 Å². The number of likely N-dealkylation sites (N-methyl/N-ethyl adjacent to an activating group) is 1. The Morgan fingerprint density at radius 2 is 1.96 bits per heavy atom. The van der Waals surface area contributed by atoms with Gasteiger partial charge in [0.2, 0.25) is 5.91 Å². The number of rotatable bonds is 6. The maximum Gasteiger partial charge on any atom is 0.238 e. The first-order valence-corrected chi connectivity index (χ1v) is 8.06. The molecule has 1 amide bonds. The summed E-state index contributed by atoms with van der Waals surface area (Å²) in [6.45, 7) is 7.29. The molecule has 0 fully saturated rings. The van der Waals surface area contributed by atoms with Gasteiger partial charge in [-0.05, 0) is 32.5 Å². The highest BCUT2D eigenvalue weighted by Crippen LogP contribution is 2.29. The summed E-state index contributed by atoms with van der Waals surface area (Å²) in [5.74, 6) is 0.601. The fourth-order valence-electron chi connectivity index (χ4n) is 2.23. The number of nitrogens with zero attached hydrogens (tertiary/aromatic N) is 2. The molecule has 23 heavy (non-hydrogen) atoms. The third kappa shape index (κ3) is 4.47. The van der Waals surface area contributed by atoms with E-state index in [1.54, 1.807) is 18.2 Å². The second-order valence-corrected chi connectivity index (χ2v) is 6.07. The molecule has 0 bridgehead atoms. The standard InChI is InChI=1S/C16H19Cl2N3O2/c1-4-21(8-12-10(2)20-23-11(12)3)9-15(22)19-16-13(17)6-5-7-14(16)18/h5-7H,4,8-9H2,1-3H3,(H,19,22). The van der Waals surface area contributed by atoms with Gasteiger partial charge >= 0.3 is 0 Å². The molecule has 0 aliphatic rings. The van der Waals surface area contributed by atoms with Crippen LogP contribution < -0.4 is 5.32 Å². The first-order chi connectivity index (χ1) is 10.9. The SMILES string of the molecule is CCN(CC(=O)Nc1c(Cl)cccc1Cl)Cc1c(C)noc1C. The van der Waals surface area contributed by atoms with Crippen LogP contribution in [-0.4, -0.2) is 29.1 Å². The van der Waals surface area contributed by atoms with E-state index >= 15 is 0 Å². The molecule has 0 aliphatic heterocycles. The van der Waals surface area contributed by atoms with Gasteiger partial charge in [0, 0.05) is 12.1 Å². The summed E-state index contributed by atoms with van der Waals surface area (Å²) in [6, 6.07) is 5.10. The molecular formula is C16H19Cl2N3O2. The Morgan fingerprint density at radius 3 is 2.48 bits per heavy atom. The number of anilines is 1. The van der Waals surface area contributed by atoms with Crippen LogP contribution in [0.25, 0.3) is 0 Å². The number of carbonyl (C=O) groups is 1. The molecule has 1 N–H and O–H groups in total. The number of aromatic nitrogens is 1. The monoisotopic (exact) mass is 355 g/mol. The average Bonchev–Trinajstić information content (AvgIpc) is 2.82. The maximum atomic E-state index is 12.3. The van der Waals surface area contributed by atoms with Gasteiger partial charge in [0.25, 0.3) is 0 Å². The van der Waals surface area contributed by atoms with E-state index in [1.807, 2.05) is 25.7 Å². The summed E-state index contributed by atoms with van der Waals surface area (Å²) in [5, 5.41) is 7.54. The quantitative estimate of drug-likeness (QED) is 0.848. The van der Waals surface area contributed by atoms with Crippen LogP contribution in [0.3, 0.4) is 0 Å². The minimum atomic E-state index is -0.173. The number of aryl methyl sites for hydroxylation is 2. The summed E-state index contributed by atoms with van der Waals surface area (Å²) in [5.41, 5.74) is 2.29. The molecule has 7 heteroatoms. The van der Waals surface area contributed by atoms with Gasteiger partial charge in [0.05, 0.1) is 28.0 Å². The largest absolute Gasteiger partial charge is 0.361 e. The summed E-state index contributed by atoms with van der Waals surface area (Å²) < 4.78 is 5.16. The van der Waals surface area contributed by atoms with Crippen LogP contribution in [-0.2, 0) is 11.3 Å². The number of nitrogens with one attached hydrogen (secondary N) is 1. The minimum Gasteiger partial charge on any atom is -0.361 e. The smallest absolute Gasteiger partial charge is 0.238 e. The van der Waals surface area contributed by atoms with Crippen LogP contribution in [0.5, 0.6) is 0 Å². The number of carbonyl (C=O) groups excluding carboxylic acids is 1. The second-order valence-electron chi connectivity index (χ2n) is 5.25. The Morgan fingerprint density at radius 1 is 1.30 bits per heavy atom. The highest BCUT2D eigenvalue weighted by atomic mass is 35.5. The van der Waals surface area contributed by atoms with Crippen LogP contribution in [0.15, 0.2) is 22.7 Å². The normalized spacial score (nSPS) is 11.0. The zero-order chi connectivity index (χ0) is 17.0. The van der Waals surface area contributed by atoms with Crippen molar-refractivity contribution >= 4 is 34.8 Å². The Kier molecular flexibility index (Phi) is 6.04. The molecule has 0 aliphatic carbocycles. The fourth-order valence-corrected chi connectivity index (χ4v) is 2.72. The van der Waals surface area contributed by atoms with Crippen molar-refractivity contribution in [3.05, 3.63) is 45.3 Å². The van der Waals surface area contributed by atoms with Crippen molar-refractivity contribution in [2.45, 2.75) is 27.3 Å². The van der Waals surface area contributed by atoms with Crippen LogP contribution in [0.1, 0.15) is 23.9 Å². The molecule has 2 aromatic rings. The van der Waals surface area contributed by atoms with Crippen molar-refractivity contribution in [3.8, 4) is 0 Å². The van der Waals surface area contributed by atoms with Crippen molar-refractivity contribution in [2.75, 3.05) is 18.4 Å². The number of benzene rings is 1. The van der Waals surface area contributed by atoms with Gasteiger partial charge in [-0.3, -0.25) is 9.69 Å². The molecular weight excluding hydrogens is 337 g/mol. The molecule has 0 saturated heterocycles. The van der Waals surface area contributed by atoms with E-state index in [4.69, 9.17) is 27.7 Å². The molecule has 124 valence electrons. The summed E-state index contributed by atoms with van der Waals surface area (Å²) in [4.78, 5) is 14.3. The van der Waals surface area contributed by atoms with Crippen molar-refractivity contribution < 1.29 is 9.32 Å². The van der Waals surface area contributed by atoms with E-state index in [0.29, 0.717) is 28.8 Å². The van der Waals surface area contributed by atoms with Gasteiger partial charge in [0.1, 0.15) is 5.76 Å². The third-order valence-corrected chi connectivity index (χ3v) is 4.23. The lowest BCUT2D eigenvalue weighted by atomic mass is 10.2. The van der Waals surface area contributed by atoms with Crippen LogP contribution in [0.4, 0.5) is 5.69 Å². The van der Waals surface area contributed by atoms with Crippen LogP contribution >= 0.6 is 23.2 Å². The molecule has 2 rings (SSSR count). The summed E-state index contributed by atoms with van der Waals surface area (Å²) in [6.07, 6.45) is 0. The van der Waals surface area contributed by atoms with E-state index in [0.717, 1.165) is 17.0 Å². The van der Waals surface area contributed by atoms with Crippen molar-refractivity contribution in [2.24, 2.45) is 0 Å². The van der Waals surface area contributed by atoms with Gasteiger partial charge in [-0.1, -0.05) is 41.3 Å². The Balaban J connectivity index is 2.03. The lowest BCUT2D eigenvalue weighted by Crippen LogP contribution is -2.33. The molecule has 1 heterocycles. The van der Waals surface area contributed by atoms with Crippen LogP contribution in [0, 0.1) is 13.8 Å². The molecule has 0 atom stereocenters. The number of para-hydroxylation sites is 1.